The van der Waals surface area contributed by atoms with Crippen LogP contribution in [0.1, 0.15) is 92.5 Å². The zero-order chi connectivity index (χ0) is 36.8. The number of nitrogens with one attached hydrogen (secondary N) is 4. The van der Waals surface area contributed by atoms with E-state index < -0.39 is 40.0 Å². The molecule has 0 radical (unpaired) electrons. The van der Waals surface area contributed by atoms with E-state index in [1.54, 1.807) is 12.1 Å². The summed E-state index contributed by atoms with van der Waals surface area (Å²) in [4.78, 5) is 0.0399. The van der Waals surface area contributed by atoms with E-state index in [0.29, 0.717) is 29.3 Å². The van der Waals surface area contributed by atoms with E-state index in [1.165, 1.54) is 30.3 Å². The first-order valence-corrected chi connectivity index (χ1v) is 18.4. The second-order valence-corrected chi connectivity index (χ2v) is 15.3. The minimum Gasteiger partial charge on any atom is -0.457 e. The molecule has 2 aliphatic rings. The topological polar surface area (TPSA) is 115 Å². The van der Waals surface area contributed by atoms with Crippen molar-refractivity contribution in [2.24, 2.45) is 0 Å². The third-order valence-electron chi connectivity index (χ3n) is 9.55. The number of benzene rings is 4. The molecular formula is C38H39F5N4O3S. The van der Waals surface area contributed by atoms with Crippen molar-refractivity contribution in [3.63, 3.8) is 0 Å². The summed E-state index contributed by atoms with van der Waals surface area (Å²) in [5.41, 5.74) is 0.691. The molecule has 6 rings (SSSR count). The van der Waals surface area contributed by atoms with E-state index >= 15 is 0 Å². The molecule has 1 fully saturated rings. The second-order valence-electron chi connectivity index (χ2n) is 13.5. The quantitative estimate of drug-likeness (QED) is 0.0910. The molecule has 270 valence electrons. The highest BCUT2D eigenvalue weighted by Gasteiger charge is 2.38. The van der Waals surface area contributed by atoms with Gasteiger partial charge in [-0.3, -0.25) is 10.8 Å². The van der Waals surface area contributed by atoms with Crippen LogP contribution in [0.4, 0.5) is 22.0 Å². The Morgan fingerprint density at radius 2 is 1.61 bits per heavy atom. The standard InChI is InChI=1S/C38H39F5N4O3S/c1-4-5-6-11-46-51(48,49)28-9-7-27(8-10-28)50-32-19-21(20(2)3)12-25-16-29-35(37(45)47-36(29)44)34(33(25)32)24-13-22(14-26(15-24)38(41,42)43)23-17-30(39)31(40)18-23/h7-10,12-16,19-20,23,30-31,46H,4-6,11,17-18H2,1-3H3,(H3,44,45,47). The molecule has 1 saturated carbocycles. The lowest BCUT2D eigenvalue weighted by Gasteiger charge is -2.21. The van der Waals surface area contributed by atoms with Gasteiger partial charge in [-0.05, 0) is 102 Å². The van der Waals surface area contributed by atoms with Gasteiger partial charge in [-0.2, -0.15) is 13.2 Å². The van der Waals surface area contributed by atoms with Crippen LogP contribution in [0.25, 0.3) is 21.9 Å². The molecule has 1 heterocycles. The summed E-state index contributed by atoms with van der Waals surface area (Å²) in [5.74, 6) is -0.609. The van der Waals surface area contributed by atoms with Crippen LogP contribution < -0.4 is 14.8 Å². The Bertz CT molecular complexity index is 2110. The van der Waals surface area contributed by atoms with Gasteiger partial charge in [0.1, 0.15) is 35.5 Å². The lowest BCUT2D eigenvalue weighted by Crippen LogP contribution is -2.24. The van der Waals surface area contributed by atoms with E-state index in [0.717, 1.165) is 30.5 Å². The molecule has 2 atom stereocenters. The zero-order valence-corrected chi connectivity index (χ0v) is 29.2. The molecule has 0 spiro atoms. The number of hydrogen-bond acceptors (Lipinski definition) is 5. The minimum atomic E-state index is -4.79. The third kappa shape index (κ3) is 7.36. The molecule has 1 aliphatic carbocycles. The van der Waals surface area contributed by atoms with E-state index in [2.05, 4.69) is 10.0 Å². The number of sulfonamides is 1. The van der Waals surface area contributed by atoms with Crippen LogP contribution in [0.3, 0.4) is 0 Å². The van der Waals surface area contributed by atoms with Gasteiger partial charge in [0, 0.05) is 28.6 Å². The molecular weight excluding hydrogens is 688 g/mol. The number of hydrogen-bond donors (Lipinski definition) is 4. The predicted molar refractivity (Wildman–Crippen MR) is 188 cm³/mol. The smallest absolute Gasteiger partial charge is 0.416 e. The lowest BCUT2D eigenvalue weighted by atomic mass is 9.85. The lowest BCUT2D eigenvalue weighted by molar-refractivity contribution is -0.137. The summed E-state index contributed by atoms with van der Waals surface area (Å²) in [6, 6.07) is 14.5. The van der Waals surface area contributed by atoms with E-state index in [-0.39, 0.29) is 69.1 Å². The van der Waals surface area contributed by atoms with Crippen molar-refractivity contribution in [2.75, 3.05) is 6.54 Å². The van der Waals surface area contributed by atoms with Crippen LogP contribution in [-0.4, -0.2) is 39.0 Å². The summed E-state index contributed by atoms with van der Waals surface area (Å²) < 4.78 is 107. The Morgan fingerprint density at radius 3 is 2.24 bits per heavy atom. The molecule has 4 N–H and O–H groups in total. The van der Waals surface area contributed by atoms with Crippen molar-refractivity contribution in [3.8, 4) is 22.6 Å². The maximum atomic E-state index is 14.5. The summed E-state index contributed by atoms with van der Waals surface area (Å²) in [6.45, 7) is 6.25. The Hall–Kier alpha value is -4.36. The van der Waals surface area contributed by atoms with Gasteiger partial charge in [-0.15, -0.1) is 0 Å². The van der Waals surface area contributed by atoms with Crippen molar-refractivity contribution in [2.45, 2.75) is 88.1 Å². The maximum absolute atomic E-state index is 14.5. The van der Waals surface area contributed by atoms with Gasteiger partial charge in [0.15, 0.2) is 0 Å². The number of alkyl halides is 5. The van der Waals surface area contributed by atoms with Crippen molar-refractivity contribution in [3.05, 3.63) is 88.5 Å². The van der Waals surface area contributed by atoms with Crippen LogP contribution in [0.5, 0.6) is 11.5 Å². The highest BCUT2D eigenvalue weighted by Crippen LogP contribution is 2.47. The summed E-state index contributed by atoms with van der Waals surface area (Å²) in [7, 11) is -3.77. The van der Waals surface area contributed by atoms with Crippen LogP contribution in [0.15, 0.2) is 65.6 Å². The third-order valence-corrected chi connectivity index (χ3v) is 11.0. The van der Waals surface area contributed by atoms with Crippen LogP contribution >= 0.6 is 0 Å². The SMILES string of the molecule is CCCCCNS(=O)(=O)c1ccc(Oc2cc(C(C)C)cc3cc4c(c(-c5cc(C6CC(F)C(F)C6)cc(C(F)(F)F)c5)c23)C(=N)NC4=N)cc1. The number of rotatable bonds is 11. The highest BCUT2D eigenvalue weighted by molar-refractivity contribution is 7.89. The molecule has 1 aliphatic heterocycles. The Balaban J connectivity index is 1.55. The Kier molecular flexibility index (Phi) is 9.99. The van der Waals surface area contributed by atoms with Gasteiger partial charge in [0.25, 0.3) is 0 Å². The van der Waals surface area contributed by atoms with Crippen LogP contribution in [0.2, 0.25) is 0 Å². The monoisotopic (exact) mass is 726 g/mol. The summed E-state index contributed by atoms with van der Waals surface area (Å²) in [6.07, 6.45) is -6.36. The van der Waals surface area contributed by atoms with Gasteiger partial charge in [0.2, 0.25) is 10.0 Å². The van der Waals surface area contributed by atoms with Crippen LogP contribution in [-0.2, 0) is 16.2 Å². The largest absolute Gasteiger partial charge is 0.457 e. The van der Waals surface area contributed by atoms with Gasteiger partial charge >= 0.3 is 6.18 Å². The Labute approximate surface area is 293 Å². The number of amidine groups is 2. The first-order chi connectivity index (χ1) is 24.1. The summed E-state index contributed by atoms with van der Waals surface area (Å²) in [5, 5.41) is 20.9. The van der Waals surface area contributed by atoms with Gasteiger partial charge in [-0.1, -0.05) is 45.7 Å². The average Bonchev–Trinajstić information content (AvgIpc) is 3.57. The zero-order valence-electron chi connectivity index (χ0n) is 28.3. The molecule has 0 saturated heterocycles. The fourth-order valence-corrected chi connectivity index (χ4v) is 7.90. The maximum Gasteiger partial charge on any atom is 0.416 e. The molecule has 0 bridgehead atoms. The molecule has 0 amide bonds. The van der Waals surface area contributed by atoms with Gasteiger partial charge in [-0.25, -0.2) is 21.9 Å². The van der Waals surface area contributed by atoms with Gasteiger partial charge in [0.05, 0.1) is 10.5 Å². The van der Waals surface area contributed by atoms with Crippen molar-refractivity contribution in [1.29, 1.82) is 10.8 Å². The Morgan fingerprint density at radius 1 is 0.922 bits per heavy atom. The fourth-order valence-electron chi connectivity index (χ4n) is 6.82. The highest BCUT2D eigenvalue weighted by atomic mass is 32.2. The van der Waals surface area contributed by atoms with Crippen molar-refractivity contribution >= 4 is 32.5 Å². The average molecular weight is 727 g/mol. The van der Waals surface area contributed by atoms with E-state index in [9.17, 15) is 30.4 Å². The molecule has 7 nitrogen and oxygen atoms in total. The molecule has 0 aromatic heterocycles. The first-order valence-electron chi connectivity index (χ1n) is 16.9. The molecule has 2 unspecified atom stereocenters. The van der Waals surface area contributed by atoms with Crippen LogP contribution in [0, 0.1) is 10.8 Å². The molecule has 4 aromatic carbocycles. The van der Waals surface area contributed by atoms with E-state index in [4.69, 9.17) is 15.6 Å². The normalized spacial score (nSPS) is 19.2. The van der Waals surface area contributed by atoms with Gasteiger partial charge < -0.3 is 10.1 Å². The van der Waals surface area contributed by atoms with E-state index in [1.807, 2.05) is 26.8 Å². The fraction of sp³-hybridized carbons (Fsp3) is 0.368. The molecule has 51 heavy (non-hydrogen) atoms. The number of unbranched alkanes of at least 4 members (excludes halogenated alkanes) is 2. The number of fused-ring (bicyclic) bond motifs is 2. The number of halogens is 5. The van der Waals surface area contributed by atoms with Crippen molar-refractivity contribution in [1.82, 2.24) is 10.0 Å². The first kappa shape index (κ1) is 36.4. The molecule has 13 heteroatoms. The van der Waals surface area contributed by atoms with Crippen molar-refractivity contribution < 1.29 is 35.1 Å². The minimum absolute atomic E-state index is 0.0135. The number of ether oxygens (including phenoxy) is 1. The predicted octanol–water partition coefficient (Wildman–Crippen LogP) is 9.72. The summed E-state index contributed by atoms with van der Waals surface area (Å²) >= 11 is 0. The molecule has 4 aromatic rings. The second kappa shape index (κ2) is 14.0.